The molecule has 0 amide bonds. The quantitative estimate of drug-likeness (QED) is 0.615. The van der Waals surface area contributed by atoms with Crippen LogP contribution in [0.15, 0.2) is 23.4 Å². The van der Waals surface area contributed by atoms with Crippen LogP contribution in [0.3, 0.4) is 0 Å². The van der Waals surface area contributed by atoms with Gasteiger partial charge in [-0.1, -0.05) is 0 Å². The maximum Gasteiger partial charge on any atom is 0.133 e. The van der Waals surface area contributed by atoms with Gasteiger partial charge in [0, 0.05) is 0 Å². The minimum Gasteiger partial charge on any atom is -0.507 e. The Balaban J connectivity index is 3.25. The van der Waals surface area contributed by atoms with Crippen molar-refractivity contribution in [3.63, 3.8) is 0 Å². The molecule has 0 aliphatic carbocycles. The van der Waals surface area contributed by atoms with Gasteiger partial charge in [-0.2, -0.15) is 5.26 Å². The van der Waals surface area contributed by atoms with E-state index in [4.69, 9.17) is 10.4 Å². The van der Waals surface area contributed by atoms with E-state index in [0.29, 0.717) is 0 Å². The highest BCUT2D eigenvalue weighted by atomic mass is 16.3. The lowest BCUT2D eigenvalue weighted by atomic mass is 10.2. The van der Waals surface area contributed by atoms with Crippen molar-refractivity contribution < 1.29 is 5.11 Å². The van der Waals surface area contributed by atoms with Crippen LogP contribution in [0.2, 0.25) is 0 Å². The number of hydrogen-bond donors (Lipinski definition) is 1. The Kier molecular flexibility index (Phi) is 1.83. The molecule has 0 atom stereocenters. The van der Waals surface area contributed by atoms with Gasteiger partial charge >= 0.3 is 0 Å². The number of nitrogens with zero attached hydrogens (tertiary/aromatic N) is 2. The van der Waals surface area contributed by atoms with Gasteiger partial charge in [-0.05, 0) is 23.4 Å². The van der Waals surface area contributed by atoms with Gasteiger partial charge in [-0.15, -0.1) is 4.91 Å². The Morgan fingerprint density at radius 1 is 1.55 bits per heavy atom. The number of rotatable bonds is 1. The van der Waals surface area contributed by atoms with Crippen molar-refractivity contribution >= 4 is 5.69 Å². The van der Waals surface area contributed by atoms with E-state index in [1.165, 1.54) is 18.2 Å². The standard InChI is InChI=1S/C7H4N2O2/c8-4-5-3-6(9-11)1-2-7(5)10/h1-3,10H. The fourth-order valence-electron chi connectivity index (χ4n) is 0.670. The zero-order valence-corrected chi connectivity index (χ0v) is 5.48. The topological polar surface area (TPSA) is 73.5 Å². The van der Waals surface area contributed by atoms with Crippen LogP contribution in [-0.2, 0) is 0 Å². The van der Waals surface area contributed by atoms with Crippen LogP contribution in [0.1, 0.15) is 5.56 Å². The molecule has 4 nitrogen and oxygen atoms in total. The van der Waals surface area contributed by atoms with Gasteiger partial charge in [0.25, 0.3) is 0 Å². The minimum atomic E-state index is -0.139. The fraction of sp³-hybridized carbons (Fsp3) is 0. The molecule has 0 heterocycles. The molecule has 0 aromatic heterocycles. The summed E-state index contributed by atoms with van der Waals surface area (Å²) in [4.78, 5) is 9.94. The highest BCUT2D eigenvalue weighted by molar-refractivity contribution is 5.51. The van der Waals surface area contributed by atoms with E-state index in [-0.39, 0.29) is 17.0 Å². The molecule has 0 radical (unpaired) electrons. The van der Waals surface area contributed by atoms with Gasteiger partial charge < -0.3 is 5.11 Å². The van der Waals surface area contributed by atoms with Crippen molar-refractivity contribution in [1.82, 2.24) is 0 Å². The van der Waals surface area contributed by atoms with Gasteiger partial charge in [0.15, 0.2) is 0 Å². The zero-order valence-electron chi connectivity index (χ0n) is 5.48. The highest BCUT2D eigenvalue weighted by Crippen LogP contribution is 2.21. The smallest absolute Gasteiger partial charge is 0.133 e. The van der Waals surface area contributed by atoms with Crippen molar-refractivity contribution in [3.8, 4) is 11.8 Å². The molecule has 0 aliphatic rings. The lowest BCUT2D eigenvalue weighted by Gasteiger charge is -1.93. The number of hydrogen-bond acceptors (Lipinski definition) is 4. The van der Waals surface area contributed by atoms with E-state index in [9.17, 15) is 4.91 Å². The van der Waals surface area contributed by atoms with Crippen molar-refractivity contribution in [1.29, 1.82) is 5.26 Å². The molecule has 1 aromatic carbocycles. The molecule has 0 saturated heterocycles. The summed E-state index contributed by atoms with van der Waals surface area (Å²) in [6.07, 6.45) is 0. The van der Waals surface area contributed by atoms with Gasteiger partial charge in [0.2, 0.25) is 0 Å². The predicted molar refractivity (Wildman–Crippen MR) is 38.3 cm³/mol. The molecule has 4 heteroatoms. The molecule has 0 bridgehead atoms. The molecule has 0 aliphatic heterocycles. The first-order valence-electron chi connectivity index (χ1n) is 2.84. The molecule has 0 saturated carbocycles. The Labute approximate surface area is 62.7 Å². The molecule has 54 valence electrons. The second-order valence-corrected chi connectivity index (χ2v) is 1.90. The predicted octanol–water partition coefficient (Wildman–Crippen LogP) is 1.66. The van der Waals surface area contributed by atoms with Crippen LogP contribution in [0, 0.1) is 16.2 Å². The van der Waals surface area contributed by atoms with E-state index in [2.05, 4.69) is 5.18 Å². The maximum absolute atomic E-state index is 9.94. The Hall–Kier alpha value is -1.89. The molecular formula is C7H4N2O2. The van der Waals surface area contributed by atoms with Crippen LogP contribution in [0.4, 0.5) is 5.69 Å². The van der Waals surface area contributed by atoms with E-state index in [1.54, 1.807) is 6.07 Å². The summed E-state index contributed by atoms with van der Waals surface area (Å²) in [5.41, 5.74) is 0.196. The van der Waals surface area contributed by atoms with Gasteiger partial charge in [0.05, 0.1) is 5.56 Å². The van der Waals surface area contributed by atoms with Crippen LogP contribution >= 0.6 is 0 Å². The van der Waals surface area contributed by atoms with Gasteiger partial charge in [-0.3, -0.25) is 0 Å². The second-order valence-electron chi connectivity index (χ2n) is 1.90. The zero-order chi connectivity index (χ0) is 8.27. The second kappa shape index (κ2) is 2.80. The van der Waals surface area contributed by atoms with E-state index in [1.807, 2.05) is 0 Å². The van der Waals surface area contributed by atoms with Crippen molar-refractivity contribution in [2.75, 3.05) is 0 Å². The Morgan fingerprint density at radius 2 is 2.27 bits per heavy atom. The highest BCUT2D eigenvalue weighted by Gasteiger charge is 2.00. The summed E-state index contributed by atoms with van der Waals surface area (Å²) in [5.74, 6) is -0.139. The molecule has 0 unspecified atom stereocenters. The Bertz CT molecular complexity index is 328. The number of phenols is 1. The summed E-state index contributed by atoms with van der Waals surface area (Å²) in [7, 11) is 0. The van der Waals surface area contributed by atoms with Crippen LogP contribution in [0.25, 0.3) is 0 Å². The lowest BCUT2D eigenvalue weighted by molar-refractivity contribution is 0.473. The number of nitroso groups, excluding NO2 is 1. The van der Waals surface area contributed by atoms with Crippen molar-refractivity contribution in [3.05, 3.63) is 28.7 Å². The van der Waals surface area contributed by atoms with Gasteiger partial charge in [-0.25, -0.2) is 0 Å². The third kappa shape index (κ3) is 1.33. The van der Waals surface area contributed by atoms with Crippen LogP contribution in [-0.4, -0.2) is 5.11 Å². The monoisotopic (exact) mass is 148 g/mol. The SMILES string of the molecule is N#Cc1cc(N=O)ccc1O. The van der Waals surface area contributed by atoms with Crippen molar-refractivity contribution in [2.24, 2.45) is 5.18 Å². The summed E-state index contributed by atoms with van der Waals surface area (Å²) in [6, 6.07) is 5.54. The molecule has 1 aromatic rings. The first-order valence-corrected chi connectivity index (χ1v) is 2.84. The first-order chi connectivity index (χ1) is 5.27. The van der Waals surface area contributed by atoms with Crippen LogP contribution in [0.5, 0.6) is 5.75 Å². The minimum absolute atomic E-state index is 0.0575. The van der Waals surface area contributed by atoms with E-state index >= 15 is 0 Å². The number of phenolic OH excluding ortho intramolecular Hbond substituents is 1. The maximum atomic E-state index is 9.94. The van der Waals surface area contributed by atoms with Crippen molar-refractivity contribution in [2.45, 2.75) is 0 Å². The normalized spacial score (nSPS) is 8.64. The summed E-state index contributed by atoms with van der Waals surface area (Å²) in [6.45, 7) is 0. The summed E-state index contributed by atoms with van der Waals surface area (Å²) < 4.78 is 0. The summed E-state index contributed by atoms with van der Waals surface area (Å²) in [5, 5.41) is 20.0. The molecule has 0 fully saturated rings. The molecule has 1 N–H and O–H groups in total. The van der Waals surface area contributed by atoms with E-state index in [0.717, 1.165) is 0 Å². The number of benzene rings is 1. The first kappa shape index (κ1) is 7.22. The average Bonchev–Trinajstić information content (AvgIpc) is 2.05. The van der Waals surface area contributed by atoms with E-state index < -0.39 is 0 Å². The van der Waals surface area contributed by atoms with Crippen LogP contribution < -0.4 is 0 Å². The fourth-order valence-corrected chi connectivity index (χ4v) is 0.670. The van der Waals surface area contributed by atoms with Gasteiger partial charge in [0.1, 0.15) is 17.5 Å². The third-order valence-corrected chi connectivity index (χ3v) is 1.21. The lowest BCUT2D eigenvalue weighted by Crippen LogP contribution is -1.74. The number of aromatic hydroxyl groups is 1. The third-order valence-electron chi connectivity index (χ3n) is 1.21. The summed E-state index contributed by atoms with van der Waals surface area (Å²) >= 11 is 0. The average molecular weight is 148 g/mol. The molecule has 11 heavy (non-hydrogen) atoms. The Morgan fingerprint density at radius 3 is 2.82 bits per heavy atom. The molecule has 1 rings (SSSR count). The molecule has 0 spiro atoms. The largest absolute Gasteiger partial charge is 0.507 e. The molecular weight excluding hydrogens is 144 g/mol. The number of nitriles is 1.